The first-order valence-electron chi connectivity index (χ1n) is 8.97. The number of hydrogen-bond acceptors (Lipinski definition) is 3. The van der Waals surface area contributed by atoms with Gasteiger partial charge in [-0.15, -0.1) is 0 Å². The maximum absolute atomic E-state index is 12.7. The highest BCUT2D eigenvalue weighted by atomic mass is 16.2. The molecule has 6 heteroatoms. The molecule has 0 aliphatic carbocycles. The molecule has 0 bridgehead atoms. The topological polar surface area (TPSA) is 78.5 Å². The first kappa shape index (κ1) is 18.6. The predicted octanol–water partition coefficient (Wildman–Crippen LogP) is 3.10. The lowest BCUT2D eigenvalue weighted by molar-refractivity contribution is -0.130. The Balaban J connectivity index is 1.69. The van der Waals surface area contributed by atoms with Gasteiger partial charge in [-0.05, 0) is 54.7 Å². The molecule has 4 amide bonds. The van der Waals surface area contributed by atoms with Crippen LogP contribution in [-0.4, -0.2) is 29.3 Å². The molecule has 0 radical (unpaired) electrons. The second kappa shape index (κ2) is 7.61. The minimum Gasteiger partial charge on any atom is -0.325 e. The fourth-order valence-electron chi connectivity index (χ4n) is 3.13. The van der Waals surface area contributed by atoms with Crippen molar-refractivity contribution in [2.24, 2.45) is 0 Å². The number of hydrogen-bond donors (Lipinski definition) is 2. The Labute approximate surface area is 158 Å². The van der Waals surface area contributed by atoms with Crippen LogP contribution >= 0.6 is 0 Å². The van der Waals surface area contributed by atoms with Gasteiger partial charge in [-0.25, -0.2) is 4.79 Å². The van der Waals surface area contributed by atoms with Gasteiger partial charge in [0.05, 0.1) is 0 Å². The van der Waals surface area contributed by atoms with Gasteiger partial charge in [-0.1, -0.05) is 37.3 Å². The van der Waals surface area contributed by atoms with Crippen molar-refractivity contribution in [3.8, 4) is 0 Å². The molecule has 2 aromatic carbocycles. The van der Waals surface area contributed by atoms with Gasteiger partial charge in [0.15, 0.2) is 0 Å². The van der Waals surface area contributed by atoms with Crippen LogP contribution in [0.4, 0.5) is 10.5 Å². The molecule has 3 rings (SSSR count). The van der Waals surface area contributed by atoms with Crippen LogP contribution in [0, 0.1) is 13.8 Å². The van der Waals surface area contributed by atoms with Crippen LogP contribution in [0.5, 0.6) is 0 Å². The molecule has 27 heavy (non-hydrogen) atoms. The van der Waals surface area contributed by atoms with Crippen molar-refractivity contribution in [2.75, 3.05) is 11.9 Å². The largest absolute Gasteiger partial charge is 0.325 e. The summed E-state index contributed by atoms with van der Waals surface area (Å²) in [7, 11) is 0. The average Bonchev–Trinajstić information content (AvgIpc) is 2.92. The average molecular weight is 365 g/mol. The first-order chi connectivity index (χ1) is 12.9. The van der Waals surface area contributed by atoms with E-state index >= 15 is 0 Å². The third kappa shape index (κ3) is 3.84. The molecule has 1 fully saturated rings. The Hall–Kier alpha value is -3.15. The monoisotopic (exact) mass is 365 g/mol. The van der Waals surface area contributed by atoms with Crippen LogP contribution in [-0.2, 0) is 16.0 Å². The zero-order valence-corrected chi connectivity index (χ0v) is 15.7. The highest BCUT2D eigenvalue weighted by Gasteiger charge is 2.40. The minimum atomic E-state index is -0.756. The van der Waals surface area contributed by atoms with Gasteiger partial charge in [0.2, 0.25) is 5.91 Å². The first-order valence-corrected chi connectivity index (χ1v) is 8.97. The third-order valence-corrected chi connectivity index (χ3v) is 4.93. The summed E-state index contributed by atoms with van der Waals surface area (Å²) >= 11 is 0. The van der Waals surface area contributed by atoms with Crippen molar-refractivity contribution in [3.05, 3.63) is 64.7 Å². The van der Waals surface area contributed by atoms with Crippen LogP contribution < -0.4 is 10.6 Å². The minimum absolute atomic E-state index is 0.318. The molecule has 1 aliphatic heterocycles. The van der Waals surface area contributed by atoms with E-state index in [1.807, 2.05) is 56.3 Å². The van der Waals surface area contributed by atoms with Crippen molar-refractivity contribution in [3.63, 3.8) is 0 Å². The van der Waals surface area contributed by atoms with E-state index in [4.69, 9.17) is 0 Å². The molecule has 0 saturated carbocycles. The number of nitrogens with one attached hydrogen (secondary N) is 2. The van der Waals surface area contributed by atoms with Gasteiger partial charge < -0.3 is 10.6 Å². The van der Waals surface area contributed by atoms with Crippen LogP contribution in [0.15, 0.2) is 42.5 Å². The quantitative estimate of drug-likeness (QED) is 0.799. The van der Waals surface area contributed by atoms with Crippen LogP contribution in [0.25, 0.3) is 0 Å². The van der Waals surface area contributed by atoms with Crippen molar-refractivity contribution >= 4 is 23.5 Å². The summed E-state index contributed by atoms with van der Waals surface area (Å²) in [5, 5.41) is 5.40. The molecule has 0 unspecified atom stereocenters. The lowest BCUT2D eigenvalue weighted by atomic mass is 9.97. The second-order valence-electron chi connectivity index (χ2n) is 6.69. The molecule has 1 atom stereocenters. The Morgan fingerprint density at radius 1 is 1.11 bits per heavy atom. The smallest absolute Gasteiger partial charge is 0.325 e. The SMILES string of the molecule is CCc1ccc(NC(=O)CN2C(=O)N[C@@H](c3cccc(C)c3C)C2=O)cc1. The Kier molecular flexibility index (Phi) is 5.26. The van der Waals surface area contributed by atoms with E-state index in [2.05, 4.69) is 17.6 Å². The Morgan fingerprint density at radius 3 is 2.48 bits per heavy atom. The van der Waals surface area contributed by atoms with Crippen molar-refractivity contribution in [1.82, 2.24) is 10.2 Å². The summed E-state index contributed by atoms with van der Waals surface area (Å²) in [5.41, 5.74) is 4.56. The van der Waals surface area contributed by atoms with Gasteiger partial charge in [-0.3, -0.25) is 14.5 Å². The molecule has 1 saturated heterocycles. The van der Waals surface area contributed by atoms with E-state index in [-0.39, 0.29) is 6.54 Å². The van der Waals surface area contributed by atoms with Crippen molar-refractivity contribution in [1.29, 1.82) is 0 Å². The molecule has 6 nitrogen and oxygen atoms in total. The molecule has 1 heterocycles. The maximum Gasteiger partial charge on any atom is 0.325 e. The van der Waals surface area contributed by atoms with Crippen LogP contribution in [0.1, 0.15) is 35.2 Å². The Morgan fingerprint density at radius 2 is 1.81 bits per heavy atom. The fraction of sp³-hybridized carbons (Fsp3) is 0.286. The van der Waals surface area contributed by atoms with Gasteiger partial charge in [0.25, 0.3) is 5.91 Å². The normalized spacial score (nSPS) is 16.4. The standard InChI is InChI=1S/C21H23N3O3/c1-4-15-8-10-16(11-9-15)22-18(25)12-24-20(26)19(23-21(24)27)17-7-5-6-13(2)14(17)3/h5-11,19H,4,12H2,1-3H3,(H,22,25)(H,23,27)/t19-/m0/s1. The number of nitrogens with zero attached hydrogens (tertiary/aromatic N) is 1. The van der Waals surface area contributed by atoms with Crippen LogP contribution in [0.2, 0.25) is 0 Å². The molecule has 2 N–H and O–H groups in total. The summed E-state index contributed by atoms with van der Waals surface area (Å²) < 4.78 is 0. The lowest BCUT2D eigenvalue weighted by Crippen LogP contribution is -2.38. The van der Waals surface area contributed by atoms with E-state index in [1.54, 1.807) is 0 Å². The number of rotatable bonds is 5. The number of urea groups is 1. The number of benzene rings is 2. The molecule has 1 aliphatic rings. The van der Waals surface area contributed by atoms with E-state index in [1.165, 1.54) is 5.56 Å². The van der Waals surface area contributed by atoms with E-state index < -0.39 is 23.9 Å². The molecule has 140 valence electrons. The number of carbonyl (C=O) groups is 3. The van der Waals surface area contributed by atoms with Crippen molar-refractivity contribution < 1.29 is 14.4 Å². The van der Waals surface area contributed by atoms with E-state index in [0.29, 0.717) is 5.69 Å². The zero-order valence-electron chi connectivity index (χ0n) is 15.7. The predicted molar refractivity (Wildman–Crippen MR) is 103 cm³/mol. The summed E-state index contributed by atoms with van der Waals surface area (Å²) in [6.07, 6.45) is 0.913. The zero-order chi connectivity index (χ0) is 19.6. The molecule has 2 aromatic rings. The fourth-order valence-corrected chi connectivity index (χ4v) is 3.13. The summed E-state index contributed by atoms with van der Waals surface area (Å²) in [6.45, 7) is 5.60. The van der Waals surface area contributed by atoms with Crippen molar-refractivity contribution in [2.45, 2.75) is 33.2 Å². The second-order valence-corrected chi connectivity index (χ2v) is 6.69. The van der Waals surface area contributed by atoms with Crippen LogP contribution in [0.3, 0.4) is 0 Å². The third-order valence-electron chi connectivity index (χ3n) is 4.93. The van der Waals surface area contributed by atoms with Gasteiger partial charge in [0.1, 0.15) is 12.6 Å². The number of amides is 4. The Bertz CT molecular complexity index is 890. The number of carbonyl (C=O) groups excluding carboxylic acids is 3. The number of anilines is 1. The maximum atomic E-state index is 12.7. The molecular weight excluding hydrogens is 342 g/mol. The molecule has 0 aromatic heterocycles. The molecule has 0 spiro atoms. The summed E-state index contributed by atoms with van der Waals surface area (Å²) in [6, 6.07) is 11.8. The number of aryl methyl sites for hydroxylation is 2. The van der Waals surface area contributed by atoms with Gasteiger partial charge in [-0.2, -0.15) is 0 Å². The van der Waals surface area contributed by atoms with E-state index in [9.17, 15) is 14.4 Å². The lowest BCUT2D eigenvalue weighted by Gasteiger charge is -2.15. The highest BCUT2D eigenvalue weighted by molar-refractivity contribution is 6.08. The van der Waals surface area contributed by atoms with Gasteiger partial charge >= 0.3 is 6.03 Å². The van der Waals surface area contributed by atoms with Gasteiger partial charge in [0, 0.05) is 5.69 Å². The van der Waals surface area contributed by atoms with E-state index in [0.717, 1.165) is 28.0 Å². The highest BCUT2D eigenvalue weighted by Crippen LogP contribution is 2.26. The summed E-state index contributed by atoms with van der Waals surface area (Å²) in [5.74, 6) is -0.824. The summed E-state index contributed by atoms with van der Waals surface area (Å²) in [4.78, 5) is 38.2. The molecular formula is C21H23N3O3. The number of imide groups is 1.